The lowest BCUT2D eigenvalue weighted by molar-refractivity contribution is -0.122. The minimum atomic E-state index is -0.388. The zero-order valence-corrected chi connectivity index (χ0v) is 18.8. The van der Waals surface area contributed by atoms with E-state index in [0.29, 0.717) is 35.2 Å². The minimum Gasteiger partial charge on any atom is -0.345 e. The van der Waals surface area contributed by atoms with Gasteiger partial charge in [-0.25, -0.2) is 0 Å². The number of amides is 2. The number of aryl methyl sites for hydroxylation is 1. The molecule has 0 saturated carbocycles. The van der Waals surface area contributed by atoms with Gasteiger partial charge in [-0.3, -0.25) is 29.8 Å². The molecule has 3 N–H and O–H groups in total. The Morgan fingerprint density at radius 3 is 2.67 bits per heavy atom. The predicted octanol–water partition coefficient (Wildman–Crippen LogP) is 3.18. The number of para-hydroxylation sites is 1. The van der Waals surface area contributed by atoms with Crippen LogP contribution in [0, 0.1) is 4.77 Å². The predicted molar refractivity (Wildman–Crippen MR) is 121 cm³/mol. The average molecular weight is 492 g/mol. The Hall–Kier alpha value is -2.72. The number of rotatable bonds is 7. The van der Waals surface area contributed by atoms with Crippen LogP contribution in [-0.2, 0) is 18.4 Å². The second kappa shape index (κ2) is 9.86. The van der Waals surface area contributed by atoms with Crippen molar-refractivity contribution in [3.05, 3.63) is 61.8 Å². The van der Waals surface area contributed by atoms with E-state index in [0.717, 1.165) is 16.4 Å². The highest BCUT2D eigenvalue weighted by Crippen LogP contribution is 2.13. The average Bonchev–Trinajstić information content (AvgIpc) is 3.06. The first kappa shape index (κ1) is 22.0. The number of nitrogens with zero attached hydrogens (tertiary/aromatic N) is 2. The van der Waals surface area contributed by atoms with Crippen LogP contribution in [-0.4, -0.2) is 25.9 Å². The summed E-state index contributed by atoms with van der Waals surface area (Å²) in [7, 11) is 1.74. The van der Waals surface area contributed by atoms with Crippen molar-refractivity contribution in [3.8, 4) is 0 Å². The van der Waals surface area contributed by atoms with Gasteiger partial charge in [0.05, 0.1) is 10.9 Å². The molecule has 0 aliphatic carbocycles. The maximum absolute atomic E-state index is 12.6. The van der Waals surface area contributed by atoms with Gasteiger partial charge in [0.1, 0.15) is 5.69 Å². The van der Waals surface area contributed by atoms with E-state index in [1.165, 1.54) is 0 Å². The molecule has 0 atom stereocenters. The second-order valence-corrected chi connectivity index (χ2v) is 8.20. The Labute approximate surface area is 186 Å². The molecule has 30 heavy (non-hydrogen) atoms. The van der Waals surface area contributed by atoms with Crippen LogP contribution in [0.15, 0.2) is 45.8 Å². The number of H-pyrrole nitrogens is 1. The summed E-state index contributed by atoms with van der Waals surface area (Å²) in [6.45, 7) is 0.486. The van der Waals surface area contributed by atoms with Crippen molar-refractivity contribution in [2.45, 2.75) is 32.2 Å². The number of hydrazine groups is 1. The Kier molecular flexibility index (Phi) is 7.22. The quantitative estimate of drug-likeness (QED) is 0.268. The van der Waals surface area contributed by atoms with Crippen LogP contribution in [0.2, 0.25) is 0 Å². The molecule has 158 valence electrons. The van der Waals surface area contributed by atoms with Crippen LogP contribution in [0.3, 0.4) is 0 Å². The summed E-state index contributed by atoms with van der Waals surface area (Å²) < 4.78 is 4.39. The number of benzene rings is 1. The van der Waals surface area contributed by atoms with Gasteiger partial charge in [0.2, 0.25) is 5.91 Å². The molecule has 0 radical (unpaired) electrons. The third kappa shape index (κ3) is 5.25. The zero-order chi connectivity index (χ0) is 21.7. The molecule has 2 amide bonds. The summed E-state index contributed by atoms with van der Waals surface area (Å²) in [6.07, 6.45) is 4.13. The number of fused-ring (bicyclic) bond motifs is 1. The fraction of sp³-hybridized carbons (Fsp3) is 0.300. The lowest BCUT2D eigenvalue weighted by Gasteiger charge is -2.09. The van der Waals surface area contributed by atoms with Gasteiger partial charge in [-0.05, 0) is 59.2 Å². The van der Waals surface area contributed by atoms with Gasteiger partial charge in [0, 0.05) is 30.7 Å². The molecule has 8 nitrogen and oxygen atoms in total. The summed E-state index contributed by atoms with van der Waals surface area (Å²) in [5, 5.41) is 0.603. The number of aromatic nitrogens is 3. The fourth-order valence-electron chi connectivity index (χ4n) is 3.14. The number of carbonyl (C=O) groups excluding carboxylic acids is 2. The van der Waals surface area contributed by atoms with E-state index >= 15 is 0 Å². The molecular formula is C20H22BrN5O3S. The van der Waals surface area contributed by atoms with Crippen LogP contribution in [0.1, 0.15) is 36.2 Å². The van der Waals surface area contributed by atoms with Gasteiger partial charge in [-0.2, -0.15) is 0 Å². The van der Waals surface area contributed by atoms with Crippen molar-refractivity contribution >= 4 is 50.9 Å². The van der Waals surface area contributed by atoms with E-state index < -0.39 is 0 Å². The van der Waals surface area contributed by atoms with E-state index in [-0.39, 0.29) is 23.8 Å². The highest BCUT2D eigenvalue weighted by atomic mass is 79.9. The summed E-state index contributed by atoms with van der Waals surface area (Å²) in [4.78, 5) is 39.7. The first-order valence-corrected chi connectivity index (χ1v) is 10.7. The number of unbranched alkanes of at least 4 members (excludes halogenated alkanes) is 2. The molecule has 3 rings (SSSR count). The molecule has 2 aromatic heterocycles. The maximum atomic E-state index is 12.6. The summed E-state index contributed by atoms with van der Waals surface area (Å²) in [6, 6.07) is 8.93. The molecule has 0 aliphatic rings. The monoisotopic (exact) mass is 491 g/mol. The van der Waals surface area contributed by atoms with Crippen molar-refractivity contribution < 1.29 is 9.59 Å². The zero-order valence-electron chi connectivity index (χ0n) is 16.4. The Bertz CT molecular complexity index is 1200. The number of hydrogen-bond acceptors (Lipinski definition) is 4. The summed E-state index contributed by atoms with van der Waals surface area (Å²) in [5.41, 5.74) is 5.88. The van der Waals surface area contributed by atoms with Gasteiger partial charge in [0.15, 0.2) is 4.77 Å². The third-order valence-corrected chi connectivity index (χ3v) is 5.45. The minimum absolute atomic E-state index is 0.109. The lowest BCUT2D eigenvalue weighted by Crippen LogP contribution is -2.42. The molecule has 0 unspecified atom stereocenters. The summed E-state index contributed by atoms with van der Waals surface area (Å²) >= 11 is 8.59. The van der Waals surface area contributed by atoms with E-state index in [1.807, 2.05) is 18.2 Å². The van der Waals surface area contributed by atoms with Crippen molar-refractivity contribution in [1.82, 2.24) is 25.0 Å². The molecule has 10 heteroatoms. The molecule has 0 spiro atoms. The van der Waals surface area contributed by atoms with Crippen molar-refractivity contribution in [1.29, 1.82) is 0 Å². The molecular weight excluding hydrogens is 470 g/mol. The Morgan fingerprint density at radius 1 is 1.17 bits per heavy atom. The van der Waals surface area contributed by atoms with Gasteiger partial charge < -0.3 is 9.55 Å². The molecule has 0 bridgehead atoms. The Balaban J connectivity index is 1.42. The Morgan fingerprint density at radius 2 is 1.93 bits per heavy atom. The molecule has 3 aromatic rings. The number of nitrogens with one attached hydrogen (secondary N) is 3. The largest absolute Gasteiger partial charge is 0.345 e. The molecule has 0 aliphatic heterocycles. The lowest BCUT2D eigenvalue weighted by atomic mass is 10.2. The second-order valence-electron chi connectivity index (χ2n) is 6.90. The maximum Gasteiger partial charge on any atom is 0.286 e. The van der Waals surface area contributed by atoms with E-state index in [4.69, 9.17) is 12.2 Å². The standard InChI is InChI=1S/C20H22BrN5O3S/c1-25-12-13(21)11-16(25)18(28)24-23-17(27)9-3-2-6-10-26-19(29)14-7-4-5-8-15(14)22-20(26)30/h4-5,7-8,11-12H,2-3,6,9-10H2,1H3,(H,22,30)(H,23,27)(H,24,28). The number of halogens is 1. The van der Waals surface area contributed by atoms with Gasteiger partial charge >= 0.3 is 0 Å². The van der Waals surface area contributed by atoms with Crippen LogP contribution in [0.5, 0.6) is 0 Å². The highest BCUT2D eigenvalue weighted by molar-refractivity contribution is 9.10. The number of aromatic amines is 1. The number of carbonyl (C=O) groups is 2. The van der Waals surface area contributed by atoms with Crippen molar-refractivity contribution in [3.63, 3.8) is 0 Å². The van der Waals surface area contributed by atoms with E-state index in [1.54, 1.807) is 34.5 Å². The fourth-order valence-corrected chi connectivity index (χ4v) is 3.95. The van der Waals surface area contributed by atoms with Crippen LogP contribution < -0.4 is 16.4 Å². The highest BCUT2D eigenvalue weighted by Gasteiger charge is 2.12. The molecule has 0 fully saturated rings. The smallest absolute Gasteiger partial charge is 0.286 e. The third-order valence-electron chi connectivity index (χ3n) is 4.69. The van der Waals surface area contributed by atoms with Crippen LogP contribution in [0.25, 0.3) is 10.9 Å². The van der Waals surface area contributed by atoms with Crippen molar-refractivity contribution in [2.75, 3.05) is 0 Å². The molecule has 1 aromatic carbocycles. The van der Waals surface area contributed by atoms with Crippen LogP contribution in [0.4, 0.5) is 0 Å². The normalized spacial score (nSPS) is 10.9. The van der Waals surface area contributed by atoms with Gasteiger partial charge in [-0.15, -0.1) is 0 Å². The summed E-state index contributed by atoms with van der Waals surface area (Å²) in [5.74, 6) is -0.654. The topological polar surface area (TPSA) is 101 Å². The first-order chi connectivity index (χ1) is 14.4. The van der Waals surface area contributed by atoms with Crippen molar-refractivity contribution in [2.24, 2.45) is 7.05 Å². The number of hydrogen-bond donors (Lipinski definition) is 3. The van der Waals surface area contributed by atoms with E-state index in [9.17, 15) is 14.4 Å². The first-order valence-electron chi connectivity index (χ1n) is 9.49. The SMILES string of the molecule is Cn1cc(Br)cc1C(=O)NNC(=O)CCCCCn1c(=S)[nH]c2ccccc2c1=O. The van der Waals surface area contributed by atoms with Gasteiger partial charge in [0.25, 0.3) is 11.5 Å². The van der Waals surface area contributed by atoms with Crippen LogP contribution >= 0.6 is 28.1 Å². The van der Waals surface area contributed by atoms with Gasteiger partial charge in [-0.1, -0.05) is 18.6 Å². The molecule has 0 saturated heterocycles. The van der Waals surface area contributed by atoms with E-state index in [2.05, 4.69) is 31.8 Å². The molecule has 2 heterocycles.